The van der Waals surface area contributed by atoms with Crippen molar-refractivity contribution in [3.8, 4) is 0 Å². The second kappa shape index (κ2) is 11.9. The molecule has 0 spiro atoms. The largest absolute Gasteiger partial charge is 0.364 e. The smallest absolute Gasteiger partial charge is 0.223 e. The minimum atomic E-state index is -0.00149. The minimum absolute atomic E-state index is 0.00149. The highest BCUT2D eigenvalue weighted by molar-refractivity contribution is 5.77. The van der Waals surface area contributed by atoms with Crippen LogP contribution in [-0.4, -0.2) is 54.6 Å². The summed E-state index contributed by atoms with van der Waals surface area (Å²) in [6, 6.07) is 0. The molecule has 0 aromatic heterocycles. The lowest BCUT2D eigenvalue weighted by Gasteiger charge is -2.38. The number of nitrogens with zero attached hydrogens (tertiary/aromatic N) is 2. The molecule has 2 N–H and O–H groups in total. The van der Waals surface area contributed by atoms with Crippen LogP contribution in [0.3, 0.4) is 0 Å². The van der Waals surface area contributed by atoms with Crippen LogP contribution in [0.15, 0.2) is 47.9 Å². The lowest BCUT2D eigenvalue weighted by molar-refractivity contribution is -0.135. The van der Waals surface area contributed by atoms with Crippen LogP contribution in [0.2, 0.25) is 0 Å². The molecule has 5 heteroatoms. The lowest BCUT2D eigenvalue weighted by atomic mass is 9.74. The number of allylic oxidation sites excluding steroid dienone is 4. The Morgan fingerprint density at radius 2 is 1.82 bits per heavy atom. The Labute approximate surface area is 202 Å². The molecule has 0 bridgehead atoms. The predicted octanol–water partition coefficient (Wildman–Crippen LogP) is 4.81. The predicted molar refractivity (Wildman–Crippen MR) is 138 cm³/mol. The van der Waals surface area contributed by atoms with Crippen LogP contribution >= 0.6 is 0 Å². The first-order valence-corrected chi connectivity index (χ1v) is 13.2. The summed E-state index contributed by atoms with van der Waals surface area (Å²) in [6.07, 6.45) is 18.9. The van der Waals surface area contributed by atoms with Crippen molar-refractivity contribution in [2.45, 2.75) is 72.9 Å². The van der Waals surface area contributed by atoms with Crippen LogP contribution in [0.1, 0.15) is 66.7 Å². The average Bonchev–Trinajstić information content (AvgIpc) is 3.08. The van der Waals surface area contributed by atoms with Gasteiger partial charge in [-0.1, -0.05) is 52.0 Å². The zero-order valence-corrected chi connectivity index (χ0v) is 21.6. The molecule has 0 aromatic rings. The molecular formula is C28H46N4O. The number of amides is 1. The van der Waals surface area contributed by atoms with Gasteiger partial charge in [0.25, 0.3) is 0 Å². The average molecular weight is 455 g/mol. The number of carbonyl (C=O) groups is 1. The summed E-state index contributed by atoms with van der Waals surface area (Å²) in [4.78, 5) is 17.8. The van der Waals surface area contributed by atoms with E-state index in [1.165, 1.54) is 11.4 Å². The SMILES string of the molecule is CC.CC1NC2=CCNCC=C2N1CC1CCN(C(=O)CC(C)(C)C2C=CCC=CC2)CC1. The molecule has 3 aliphatic heterocycles. The number of likely N-dealkylation sites (tertiary alicyclic amines) is 1. The third-order valence-corrected chi connectivity index (χ3v) is 7.54. The maximum atomic E-state index is 13.1. The van der Waals surface area contributed by atoms with Gasteiger partial charge in [-0.05, 0) is 62.0 Å². The maximum Gasteiger partial charge on any atom is 0.223 e. The van der Waals surface area contributed by atoms with Crippen LogP contribution in [0, 0.1) is 17.3 Å². The molecule has 5 nitrogen and oxygen atoms in total. The van der Waals surface area contributed by atoms with Crippen molar-refractivity contribution in [2.75, 3.05) is 32.7 Å². The Bertz CT molecular complexity index is 771. The van der Waals surface area contributed by atoms with Gasteiger partial charge in [0.1, 0.15) is 0 Å². The molecule has 0 radical (unpaired) electrons. The number of hydrogen-bond acceptors (Lipinski definition) is 4. The van der Waals surface area contributed by atoms with E-state index in [-0.39, 0.29) is 5.41 Å². The fourth-order valence-electron chi connectivity index (χ4n) is 5.41. The van der Waals surface area contributed by atoms with E-state index < -0.39 is 0 Å². The standard InChI is InChI=1S/C26H40N4O.C2H6/c1-20-28-23-10-14-27-15-11-24(23)30(20)19-21-12-16-29(17-13-21)25(31)18-26(2,3)22-8-6-4-5-7-9-22;1-2/h4,6-7,9-11,20-22,27-28H,5,8,12-19H2,1-3H3;1-2H3. The van der Waals surface area contributed by atoms with Crippen molar-refractivity contribution < 1.29 is 4.79 Å². The van der Waals surface area contributed by atoms with E-state index in [1.54, 1.807) is 0 Å². The Balaban J connectivity index is 0.00000149. The Morgan fingerprint density at radius 1 is 1.09 bits per heavy atom. The van der Waals surface area contributed by atoms with E-state index in [4.69, 9.17) is 0 Å². The first-order valence-electron chi connectivity index (χ1n) is 13.2. The summed E-state index contributed by atoms with van der Waals surface area (Å²) < 4.78 is 0. The van der Waals surface area contributed by atoms with Crippen molar-refractivity contribution in [3.63, 3.8) is 0 Å². The molecule has 2 atom stereocenters. The monoisotopic (exact) mass is 454 g/mol. The Morgan fingerprint density at radius 3 is 2.58 bits per heavy atom. The van der Waals surface area contributed by atoms with Crippen molar-refractivity contribution in [1.82, 2.24) is 20.4 Å². The Hall–Kier alpha value is -2.01. The molecule has 0 aromatic carbocycles. The molecule has 4 rings (SSSR count). The van der Waals surface area contributed by atoms with E-state index in [0.717, 1.165) is 58.4 Å². The minimum Gasteiger partial charge on any atom is -0.364 e. The molecule has 0 saturated carbocycles. The van der Waals surface area contributed by atoms with E-state index in [1.807, 2.05) is 13.8 Å². The first-order chi connectivity index (χ1) is 15.9. The highest BCUT2D eigenvalue weighted by Gasteiger charge is 2.35. The van der Waals surface area contributed by atoms with Crippen molar-refractivity contribution in [2.24, 2.45) is 17.3 Å². The van der Waals surface area contributed by atoms with E-state index in [9.17, 15) is 4.79 Å². The third-order valence-electron chi connectivity index (χ3n) is 7.54. The molecule has 3 heterocycles. The third kappa shape index (κ3) is 6.53. The zero-order valence-electron chi connectivity index (χ0n) is 21.6. The van der Waals surface area contributed by atoms with Gasteiger partial charge >= 0.3 is 0 Å². The number of fused-ring (bicyclic) bond motifs is 1. The highest BCUT2D eigenvalue weighted by atomic mass is 16.2. The van der Waals surface area contributed by atoms with Crippen LogP contribution in [0.5, 0.6) is 0 Å². The van der Waals surface area contributed by atoms with Gasteiger partial charge in [-0.25, -0.2) is 0 Å². The fraction of sp³-hybridized carbons (Fsp3) is 0.679. The first kappa shape index (κ1) is 25.6. The molecule has 1 aliphatic carbocycles. The zero-order chi connectivity index (χ0) is 23.8. The Kier molecular flexibility index (Phi) is 9.25. The summed E-state index contributed by atoms with van der Waals surface area (Å²) in [5, 5.41) is 7.03. The van der Waals surface area contributed by atoms with Crippen molar-refractivity contribution in [1.29, 1.82) is 0 Å². The summed E-state index contributed by atoms with van der Waals surface area (Å²) >= 11 is 0. The van der Waals surface area contributed by atoms with E-state index in [2.05, 4.69) is 77.7 Å². The normalized spacial score (nSPS) is 25.7. The topological polar surface area (TPSA) is 47.6 Å². The van der Waals surface area contributed by atoms with Crippen molar-refractivity contribution in [3.05, 3.63) is 47.9 Å². The van der Waals surface area contributed by atoms with Crippen LogP contribution < -0.4 is 10.6 Å². The van der Waals surface area contributed by atoms with E-state index >= 15 is 0 Å². The molecule has 33 heavy (non-hydrogen) atoms. The number of nitrogens with one attached hydrogen (secondary N) is 2. The molecule has 1 amide bonds. The van der Waals surface area contributed by atoms with Gasteiger partial charge in [-0.3, -0.25) is 4.79 Å². The van der Waals surface area contributed by atoms with Crippen molar-refractivity contribution >= 4 is 5.91 Å². The number of hydrogen-bond donors (Lipinski definition) is 2. The van der Waals surface area contributed by atoms with E-state index in [0.29, 0.717) is 30.3 Å². The fourth-order valence-corrected chi connectivity index (χ4v) is 5.41. The van der Waals surface area contributed by atoms with Gasteiger partial charge in [0, 0.05) is 39.1 Å². The molecule has 2 unspecified atom stereocenters. The number of rotatable bonds is 5. The van der Waals surface area contributed by atoms with Gasteiger partial charge in [-0.15, -0.1) is 0 Å². The quantitative estimate of drug-likeness (QED) is 0.585. The number of piperidine rings is 1. The second-order valence-corrected chi connectivity index (χ2v) is 10.3. The summed E-state index contributed by atoms with van der Waals surface area (Å²) in [5.74, 6) is 1.43. The molecule has 4 aliphatic rings. The maximum absolute atomic E-state index is 13.1. The molecule has 2 fully saturated rings. The second-order valence-electron chi connectivity index (χ2n) is 10.3. The lowest BCUT2D eigenvalue weighted by Crippen LogP contribution is -2.44. The molecule has 2 saturated heterocycles. The van der Waals surface area contributed by atoms with Crippen LogP contribution in [0.25, 0.3) is 0 Å². The van der Waals surface area contributed by atoms with Gasteiger partial charge in [-0.2, -0.15) is 0 Å². The van der Waals surface area contributed by atoms with Gasteiger partial charge in [0.2, 0.25) is 5.91 Å². The summed E-state index contributed by atoms with van der Waals surface area (Å²) in [7, 11) is 0. The molecule has 184 valence electrons. The van der Waals surface area contributed by atoms with Gasteiger partial charge < -0.3 is 20.4 Å². The van der Waals surface area contributed by atoms with Gasteiger partial charge in [0.15, 0.2) is 0 Å². The highest BCUT2D eigenvalue weighted by Crippen LogP contribution is 2.37. The summed E-state index contributed by atoms with van der Waals surface area (Å²) in [6.45, 7) is 15.5. The number of carbonyl (C=O) groups excluding carboxylic acids is 1. The summed E-state index contributed by atoms with van der Waals surface area (Å²) in [5.41, 5.74) is 2.62. The van der Waals surface area contributed by atoms with Crippen LogP contribution in [-0.2, 0) is 4.79 Å². The van der Waals surface area contributed by atoms with Crippen LogP contribution in [0.4, 0.5) is 0 Å². The molecular weight excluding hydrogens is 408 g/mol. The van der Waals surface area contributed by atoms with Gasteiger partial charge in [0.05, 0.1) is 17.6 Å².